The van der Waals surface area contributed by atoms with E-state index in [4.69, 9.17) is 4.74 Å². The Morgan fingerprint density at radius 2 is 2.24 bits per heavy atom. The van der Waals surface area contributed by atoms with Crippen molar-refractivity contribution in [3.63, 3.8) is 0 Å². The second-order valence-corrected chi connectivity index (χ2v) is 5.09. The molecular weight excluding hydrogens is 214 g/mol. The van der Waals surface area contributed by atoms with E-state index in [9.17, 15) is 4.79 Å². The quantitative estimate of drug-likeness (QED) is 0.670. The SMILES string of the molecule is CCCCC(C(=O)OC)N1CCCC(CC)C1. The van der Waals surface area contributed by atoms with Crippen molar-refractivity contribution >= 4 is 5.97 Å². The predicted octanol–water partition coefficient (Wildman–Crippen LogP) is 2.84. The molecule has 100 valence electrons. The van der Waals surface area contributed by atoms with Crippen LogP contribution in [0.5, 0.6) is 0 Å². The first-order valence-corrected chi connectivity index (χ1v) is 7.04. The lowest BCUT2D eigenvalue weighted by molar-refractivity contribution is -0.148. The first kappa shape index (κ1) is 14.5. The van der Waals surface area contributed by atoms with Crippen molar-refractivity contribution in [1.29, 1.82) is 0 Å². The first-order chi connectivity index (χ1) is 8.22. The molecule has 0 aliphatic carbocycles. The number of ether oxygens (including phenoxy) is 1. The second-order valence-electron chi connectivity index (χ2n) is 5.09. The molecule has 1 rings (SSSR count). The summed E-state index contributed by atoms with van der Waals surface area (Å²) in [5.74, 6) is 0.715. The van der Waals surface area contributed by atoms with Gasteiger partial charge in [0.2, 0.25) is 0 Å². The summed E-state index contributed by atoms with van der Waals surface area (Å²) in [5, 5.41) is 0. The van der Waals surface area contributed by atoms with Gasteiger partial charge >= 0.3 is 5.97 Å². The van der Waals surface area contributed by atoms with E-state index in [1.54, 1.807) is 0 Å². The van der Waals surface area contributed by atoms with Crippen LogP contribution in [0.1, 0.15) is 52.4 Å². The molecule has 0 amide bonds. The minimum atomic E-state index is -0.0461. The highest BCUT2D eigenvalue weighted by molar-refractivity contribution is 5.75. The number of nitrogens with zero attached hydrogens (tertiary/aromatic N) is 1. The summed E-state index contributed by atoms with van der Waals surface area (Å²) in [5.41, 5.74) is 0. The molecule has 1 saturated heterocycles. The standard InChI is InChI=1S/C14H27NO2/c1-4-6-9-13(14(16)17-3)15-10-7-8-12(5-2)11-15/h12-13H,4-11H2,1-3H3. The molecule has 0 aromatic rings. The van der Waals surface area contributed by atoms with Crippen LogP contribution in [0.25, 0.3) is 0 Å². The summed E-state index contributed by atoms with van der Waals surface area (Å²) >= 11 is 0. The Morgan fingerprint density at radius 1 is 1.47 bits per heavy atom. The molecule has 0 saturated carbocycles. The number of carbonyl (C=O) groups excluding carboxylic acids is 1. The van der Waals surface area contributed by atoms with E-state index < -0.39 is 0 Å². The maximum absolute atomic E-state index is 11.8. The summed E-state index contributed by atoms with van der Waals surface area (Å²) in [6.45, 7) is 6.53. The van der Waals surface area contributed by atoms with Crippen LogP contribution >= 0.6 is 0 Å². The highest BCUT2D eigenvalue weighted by atomic mass is 16.5. The van der Waals surface area contributed by atoms with Gasteiger partial charge in [-0.1, -0.05) is 33.1 Å². The highest BCUT2D eigenvalue weighted by Gasteiger charge is 2.29. The van der Waals surface area contributed by atoms with Crippen molar-refractivity contribution in [2.75, 3.05) is 20.2 Å². The Morgan fingerprint density at radius 3 is 2.82 bits per heavy atom. The zero-order valence-electron chi connectivity index (χ0n) is 11.6. The number of methoxy groups -OCH3 is 1. The molecule has 17 heavy (non-hydrogen) atoms. The summed E-state index contributed by atoms with van der Waals surface area (Å²) in [7, 11) is 1.50. The van der Waals surface area contributed by atoms with Crippen molar-refractivity contribution in [3.05, 3.63) is 0 Å². The summed E-state index contributed by atoms with van der Waals surface area (Å²) in [6.07, 6.45) is 6.94. The van der Waals surface area contributed by atoms with Crippen LogP contribution in [0.2, 0.25) is 0 Å². The van der Waals surface area contributed by atoms with Crippen LogP contribution in [-0.2, 0) is 9.53 Å². The van der Waals surface area contributed by atoms with E-state index in [-0.39, 0.29) is 12.0 Å². The third-order valence-corrected chi connectivity index (χ3v) is 3.87. The second kappa shape index (κ2) is 7.70. The van der Waals surface area contributed by atoms with Crippen molar-refractivity contribution < 1.29 is 9.53 Å². The molecule has 0 bridgehead atoms. The summed E-state index contributed by atoms with van der Waals surface area (Å²) in [6, 6.07) is -0.00528. The molecule has 0 radical (unpaired) electrons. The smallest absolute Gasteiger partial charge is 0.323 e. The number of piperidine rings is 1. The molecule has 0 spiro atoms. The predicted molar refractivity (Wildman–Crippen MR) is 69.9 cm³/mol. The normalized spacial score (nSPS) is 23.4. The van der Waals surface area contributed by atoms with Gasteiger partial charge in [0.1, 0.15) is 6.04 Å². The number of unbranched alkanes of at least 4 members (excludes halogenated alkanes) is 1. The van der Waals surface area contributed by atoms with Crippen LogP contribution in [0.15, 0.2) is 0 Å². The van der Waals surface area contributed by atoms with Gasteiger partial charge in [0.15, 0.2) is 0 Å². The molecule has 2 atom stereocenters. The van der Waals surface area contributed by atoms with Crippen molar-refractivity contribution in [2.45, 2.75) is 58.4 Å². The van der Waals surface area contributed by atoms with Gasteiger partial charge in [-0.15, -0.1) is 0 Å². The molecule has 0 N–H and O–H groups in total. The first-order valence-electron chi connectivity index (χ1n) is 7.04. The van der Waals surface area contributed by atoms with Crippen LogP contribution in [-0.4, -0.2) is 37.1 Å². The van der Waals surface area contributed by atoms with E-state index in [0.29, 0.717) is 0 Å². The fourth-order valence-corrected chi connectivity index (χ4v) is 2.70. The molecule has 3 nitrogen and oxygen atoms in total. The Labute approximate surface area is 106 Å². The lowest BCUT2D eigenvalue weighted by atomic mass is 9.93. The van der Waals surface area contributed by atoms with Crippen LogP contribution in [0.4, 0.5) is 0 Å². The van der Waals surface area contributed by atoms with Crippen molar-refractivity contribution in [3.8, 4) is 0 Å². The van der Waals surface area contributed by atoms with Crippen molar-refractivity contribution in [1.82, 2.24) is 4.90 Å². The Bertz CT molecular complexity index is 230. The van der Waals surface area contributed by atoms with E-state index in [2.05, 4.69) is 18.7 Å². The molecule has 3 heteroatoms. The minimum absolute atomic E-state index is 0.00528. The molecule has 0 aromatic heterocycles. The van der Waals surface area contributed by atoms with E-state index >= 15 is 0 Å². The van der Waals surface area contributed by atoms with E-state index in [1.807, 2.05) is 0 Å². The van der Waals surface area contributed by atoms with Crippen LogP contribution < -0.4 is 0 Å². The zero-order valence-corrected chi connectivity index (χ0v) is 11.6. The molecular formula is C14H27NO2. The van der Waals surface area contributed by atoms with Gasteiger partial charge in [0.25, 0.3) is 0 Å². The molecule has 1 aliphatic heterocycles. The number of likely N-dealkylation sites (tertiary alicyclic amines) is 1. The van der Waals surface area contributed by atoms with Crippen LogP contribution in [0, 0.1) is 5.92 Å². The van der Waals surface area contributed by atoms with Crippen molar-refractivity contribution in [2.24, 2.45) is 5.92 Å². The number of hydrogen-bond donors (Lipinski definition) is 0. The third kappa shape index (κ3) is 4.30. The number of hydrogen-bond acceptors (Lipinski definition) is 3. The molecule has 1 fully saturated rings. The fraction of sp³-hybridized carbons (Fsp3) is 0.929. The zero-order chi connectivity index (χ0) is 12.7. The Hall–Kier alpha value is -0.570. The monoisotopic (exact) mass is 241 g/mol. The summed E-state index contributed by atoms with van der Waals surface area (Å²) < 4.78 is 4.95. The van der Waals surface area contributed by atoms with Gasteiger partial charge in [-0.05, 0) is 31.7 Å². The molecule has 0 aromatic carbocycles. The average molecular weight is 241 g/mol. The molecule has 2 unspecified atom stereocenters. The third-order valence-electron chi connectivity index (χ3n) is 3.87. The van der Waals surface area contributed by atoms with E-state index in [1.165, 1.54) is 26.4 Å². The Balaban J connectivity index is 2.57. The number of rotatable bonds is 6. The number of carbonyl (C=O) groups is 1. The topological polar surface area (TPSA) is 29.5 Å². The average Bonchev–Trinajstić information content (AvgIpc) is 2.39. The largest absolute Gasteiger partial charge is 0.468 e. The lowest BCUT2D eigenvalue weighted by Gasteiger charge is -2.36. The van der Waals surface area contributed by atoms with Gasteiger partial charge in [-0.3, -0.25) is 9.69 Å². The van der Waals surface area contributed by atoms with E-state index in [0.717, 1.165) is 38.3 Å². The van der Waals surface area contributed by atoms with Gasteiger partial charge in [-0.2, -0.15) is 0 Å². The number of esters is 1. The maximum Gasteiger partial charge on any atom is 0.323 e. The Kier molecular flexibility index (Phi) is 6.56. The van der Waals surface area contributed by atoms with Gasteiger partial charge in [-0.25, -0.2) is 0 Å². The minimum Gasteiger partial charge on any atom is -0.468 e. The van der Waals surface area contributed by atoms with Gasteiger partial charge in [0.05, 0.1) is 7.11 Å². The maximum atomic E-state index is 11.8. The summed E-state index contributed by atoms with van der Waals surface area (Å²) in [4.78, 5) is 14.2. The van der Waals surface area contributed by atoms with Gasteiger partial charge in [0, 0.05) is 6.54 Å². The van der Waals surface area contributed by atoms with Crippen LogP contribution in [0.3, 0.4) is 0 Å². The molecule has 1 heterocycles. The van der Waals surface area contributed by atoms with Gasteiger partial charge < -0.3 is 4.74 Å². The highest BCUT2D eigenvalue weighted by Crippen LogP contribution is 2.23. The lowest BCUT2D eigenvalue weighted by Crippen LogP contribution is -2.47. The fourth-order valence-electron chi connectivity index (χ4n) is 2.70. The molecule has 1 aliphatic rings.